The van der Waals surface area contributed by atoms with Crippen molar-refractivity contribution in [1.29, 1.82) is 0 Å². The lowest BCUT2D eigenvalue weighted by Gasteiger charge is -2.00. The summed E-state index contributed by atoms with van der Waals surface area (Å²) in [6, 6.07) is 6.37. The molecule has 6 heteroatoms. The van der Waals surface area contributed by atoms with Gasteiger partial charge in [-0.15, -0.1) is 11.8 Å². The van der Waals surface area contributed by atoms with Crippen LogP contribution in [0.1, 0.15) is 5.82 Å². The van der Waals surface area contributed by atoms with Gasteiger partial charge in [-0.2, -0.15) is 4.98 Å². The van der Waals surface area contributed by atoms with E-state index in [4.69, 9.17) is 5.73 Å². The third-order valence-corrected chi connectivity index (χ3v) is 2.79. The molecule has 4 nitrogen and oxygen atoms in total. The number of nitrogens with zero attached hydrogens (tertiary/aromatic N) is 3. The SMILES string of the molecule is Nc1ncnc(CSc2cccc(F)c2)n1. The van der Waals surface area contributed by atoms with E-state index < -0.39 is 0 Å². The molecular weight excluding hydrogens is 227 g/mol. The van der Waals surface area contributed by atoms with E-state index in [2.05, 4.69) is 15.0 Å². The van der Waals surface area contributed by atoms with Crippen LogP contribution in [-0.2, 0) is 5.75 Å². The van der Waals surface area contributed by atoms with Crippen molar-refractivity contribution in [1.82, 2.24) is 15.0 Å². The molecule has 1 aromatic carbocycles. The first-order valence-corrected chi connectivity index (χ1v) is 5.54. The van der Waals surface area contributed by atoms with E-state index in [9.17, 15) is 4.39 Å². The largest absolute Gasteiger partial charge is 0.368 e. The molecule has 82 valence electrons. The maximum absolute atomic E-state index is 12.9. The fraction of sp³-hybridized carbons (Fsp3) is 0.100. The monoisotopic (exact) mass is 236 g/mol. The number of aromatic nitrogens is 3. The van der Waals surface area contributed by atoms with Crippen molar-refractivity contribution < 1.29 is 4.39 Å². The number of hydrogen-bond acceptors (Lipinski definition) is 5. The zero-order valence-corrected chi connectivity index (χ0v) is 9.12. The minimum Gasteiger partial charge on any atom is -0.368 e. The molecule has 1 heterocycles. The normalized spacial score (nSPS) is 10.3. The van der Waals surface area contributed by atoms with Crippen LogP contribution in [0.2, 0.25) is 0 Å². The lowest BCUT2D eigenvalue weighted by molar-refractivity contribution is 0.624. The Balaban J connectivity index is 2.02. The molecule has 0 saturated carbocycles. The lowest BCUT2D eigenvalue weighted by Crippen LogP contribution is -2.00. The van der Waals surface area contributed by atoms with Gasteiger partial charge >= 0.3 is 0 Å². The van der Waals surface area contributed by atoms with E-state index in [1.807, 2.05) is 6.07 Å². The van der Waals surface area contributed by atoms with Crippen molar-refractivity contribution in [3.8, 4) is 0 Å². The highest BCUT2D eigenvalue weighted by Crippen LogP contribution is 2.21. The van der Waals surface area contributed by atoms with Gasteiger partial charge in [0.05, 0.1) is 5.75 Å². The maximum atomic E-state index is 12.9. The molecule has 0 unspecified atom stereocenters. The molecular formula is C10H9FN4S. The third-order valence-electron chi connectivity index (χ3n) is 1.80. The Labute approximate surface area is 96.1 Å². The highest BCUT2D eigenvalue weighted by atomic mass is 32.2. The maximum Gasteiger partial charge on any atom is 0.223 e. The van der Waals surface area contributed by atoms with Gasteiger partial charge < -0.3 is 5.73 Å². The molecule has 0 amide bonds. The summed E-state index contributed by atoms with van der Waals surface area (Å²) in [7, 11) is 0. The number of anilines is 1. The summed E-state index contributed by atoms with van der Waals surface area (Å²) in [6.07, 6.45) is 1.36. The second-order valence-electron chi connectivity index (χ2n) is 3.01. The molecule has 0 fully saturated rings. The van der Waals surface area contributed by atoms with E-state index in [0.717, 1.165) is 4.90 Å². The predicted molar refractivity (Wildman–Crippen MR) is 60.2 cm³/mol. The molecule has 2 aromatic rings. The summed E-state index contributed by atoms with van der Waals surface area (Å²) in [6.45, 7) is 0. The average molecular weight is 236 g/mol. The molecule has 0 saturated heterocycles. The van der Waals surface area contributed by atoms with E-state index in [0.29, 0.717) is 11.6 Å². The van der Waals surface area contributed by atoms with Crippen molar-refractivity contribution in [3.63, 3.8) is 0 Å². The number of halogens is 1. The van der Waals surface area contributed by atoms with Gasteiger partial charge in [0.25, 0.3) is 0 Å². The zero-order valence-electron chi connectivity index (χ0n) is 8.30. The van der Waals surface area contributed by atoms with Crippen LogP contribution in [-0.4, -0.2) is 15.0 Å². The van der Waals surface area contributed by atoms with Crippen molar-refractivity contribution >= 4 is 17.7 Å². The minimum absolute atomic E-state index is 0.199. The quantitative estimate of drug-likeness (QED) is 0.824. The first kappa shape index (κ1) is 10.8. The lowest BCUT2D eigenvalue weighted by atomic mass is 10.4. The molecule has 0 bridgehead atoms. The van der Waals surface area contributed by atoms with Crippen LogP contribution in [0.3, 0.4) is 0 Å². The number of benzene rings is 1. The molecule has 0 radical (unpaired) electrons. The molecule has 0 aliphatic carbocycles. The first-order chi connectivity index (χ1) is 7.74. The average Bonchev–Trinajstić information content (AvgIpc) is 2.27. The summed E-state index contributed by atoms with van der Waals surface area (Å²) in [5.74, 6) is 1.07. The number of thioether (sulfide) groups is 1. The van der Waals surface area contributed by atoms with Crippen LogP contribution >= 0.6 is 11.8 Å². The van der Waals surface area contributed by atoms with Gasteiger partial charge in [-0.25, -0.2) is 14.4 Å². The van der Waals surface area contributed by atoms with Crippen LogP contribution < -0.4 is 5.73 Å². The molecule has 0 spiro atoms. The number of nitrogen functional groups attached to an aromatic ring is 1. The van der Waals surface area contributed by atoms with Crippen molar-refractivity contribution in [2.75, 3.05) is 5.73 Å². The van der Waals surface area contributed by atoms with E-state index in [1.165, 1.54) is 30.2 Å². The Morgan fingerprint density at radius 1 is 1.31 bits per heavy atom. The van der Waals surface area contributed by atoms with Gasteiger partial charge in [0.15, 0.2) is 0 Å². The second-order valence-corrected chi connectivity index (χ2v) is 4.05. The van der Waals surface area contributed by atoms with Crippen LogP contribution in [0, 0.1) is 5.82 Å². The van der Waals surface area contributed by atoms with E-state index in [1.54, 1.807) is 6.07 Å². The Bertz CT molecular complexity index is 446. The fourth-order valence-corrected chi connectivity index (χ4v) is 1.92. The number of hydrogen-bond donors (Lipinski definition) is 1. The minimum atomic E-state index is -0.250. The highest BCUT2D eigenvalue weighted by Gasteiger charge is 2.00. The highest BCUT2D eigenvalue weighted by molar-refractivity contribution is 7.98. The van der Waals surface area contributed by atoms with Crippen LogP contribution in [0.4, 0.5) is 10.3 Å². The van der Waals surface area contributed by atoms with Crippen molar-refractivity contribution in [2.45, 2.75) is 10.6 Å². The Morgan fingerprint density at radius 2 is 2.19 bits per heavy atom. The molecule has 2 N–H and O–H groups in total. The standard InChI is InChI=1S/C10H9FN4S/c11-7-2-1-3-8(4-7)16-5-9-13-6-14-10(12)15-9/h1-4,6H,5H2,(H2,12,13,14,15). The summed E-state index contributed by atoms with van der Waals surface area (Å²) < 4.78 is 12.9. The third kappa shape index (κ3) is 2.90. The molecule has 0 aliphatic heterocycles. The summed E-state index contributed by atoms with van der Waals surface area (Å²) >= 11 is 1.45. The van der Waals surface area contributed by atoms with Gasteiger partial charge in [0, 0.05) is 4.90 Å². The summed E-state index contributed by atoms with van der Waals surface area (Å²) in [4.78, 5) is 12.4. The zero-order chi connectivity index (χ0) is 11.4. The van der Waals surface area contributed by atoms with E-state index in [-0.39, 0.29) is 11.8 Å². The Morgan fingerprint density at radius 3 is 2.94 bits per heavy atom. The second kappa shape index (κ2) is 4.89. The van der Waals surface area contributed by atoms with Crippen LogP contribution in [0.25, 0.3) is 0 Å². The number of rotatable bonds is 3. The van der Waals surface area contributed by atoms with Crippen LogP contribution in [0.15, 0.2) is 35.5 Å². The Hall–Kier alpha value is -1.69. The molecule has 2 rings (SSSR count). The first-order valence-electron chi connectivity index (χ1n) is 4.56. The van der Waals surface area contributed by atoms with Gasteiger partial charge in [-0.05, 0) is 18.2 Å². The van der Waals surface area contributed by atoms with Crippen LogP contribution in [0.5, 0.6) is 0 Å². The predicted octanol–water partition coefficient (Wildman–Crippen LogP) is 1.89. The summed E-state index contributed by atoms with van der Waals surface area (Å²) in [5, 5.41) is 0. The van der Waals surface area contributed by atoms with Gasteiger partial charge in [0.1, 0.15) is 18.0 Å². The van der Waals surface area contributed by atoms with Gasteiger partial charge in [-0.1, -0.05) is 6.07 Å². The Kier molecular flexibility index (Phi) is 3.31. The van der Waals surface area contributed by atoms with Gasteiger partial charge in [-0.3, -0.25) is 0 Å². The topological polar surface area (TPSA) is 64.7 Å². The molecule has 1 aromatic heterocycles. The van der Waals surface area contributed by atoms with Gasteiger partial charge in [0.2, 0.25) is 5.95 Å². The fourth-order valence-electron chi connectivity index (χ4n) is 1.12. The van der Waals surface area contributed by atoms with Crippen molar-refractivity contribution in [2.24, 2.45) is 0 Å². The summed E-state index contributed by atoms with van der Waals surface area (Å²) in [5.41, 5.74) is 5.42. The molecule has 16 heavy (non-hydrogen) atoms. The number of nitrogens with two attached hydrogens (primary N) is 1. The molecule has 0 atom stereocenters. The molecule has 0 aliphatic rings. The smallest absolute Gasteiger partial charge is 0.223 e. The van der Waals surface area contributed by atoms with E-state index >= 15 is 0 Å². The van der Waals surface area contributed by atoms with Crippen molar-refractivity contribution in [3.05, 3.63) is 42.2 Å².